The zero-order valence-electron chi connectivity index (χ0n) is 12.7. The van der Waals surface area contributed by atoms with Crippen LogP contribution in [0, 0.1) is 0 Å². The summed E-state index contributed by atoms with van der Waals surface area (Å²) in [4.78, 5) is 15.7. The van der Waals surface area contributed by atoms with Crippen LogP contribution in [-0.2, 0) is 12.7 Å². The number of nitrogens with zero attached hydrogens (tertiary/aromatic N) is 2. The van der Waals surface area contributed by atoms with Crippen molar-refractivity contribution in [2.24, 2.45) is 0 Å². The Morgan fingerprint density at radius 2 is 1.76 bits per heavy atom. The molecule has 2 heterocycles. The van der Waals surface area contributed by atoms with Crippen molar-refractivity contribution in [1.82, 2.24) is 15.5 Å². The zero-order valence-corrected chi connectivity index (χ0v) is 12.7. The van der Waals surface area contributed by atoms with Crippen molar-refractivity contribution in [3.63, 3.8) is 0 Å². The van der Waals surface area contributed by atoms with E-state index in [1.165, 1.54) is 24.5 Å². The summed E-state index contributed by atoms with van der Waals surface area (Å²) in [5.74, 6) is 0.0900. The number of aromatic nitrogens is 2. The standard InChI is InChI=1S/C17H12F3N3O2/c18-17(19,20)13-3-1-11(2-4-13)15-9-14(25-23-15)10-22-16(24)12-5-7-21-8-6-12/h1-9H,10H2,(H,22,24). The molecule has 0 spiro atoms. The Morgan fingerprint density at radius 3 is 2.40 bits per heavy atom. The van der Waals surface area contributed by atoms with Gasteiger partial charge in [-0.25, -0.2) is 0 Å². The number of carbonyl (C=O) groups excluding carboxylic acids is 1. The molecule has 128 valence electrons. The highest BCUT2D eigenvalue weighted by Gasteiger charge is 2.30. The van der Waals surface area contributed by atoms with Gasteiger partial charge in [0.1, 0.15) is 5.69 Å². The highest BCUT2D eigenvalue weighted by Crippen LogP contribution is 2.30. The Morgan fingerprint density at radius 1 is 1.08 bits per heavy atom. The van der Waals surface area contributed by atoms with Crippen LogP contribution < -0.4 is 5.32 Å². The van der Waals surface area contributed by atoms with Crippen molar-refractivity contribution in [1.29, 1.82) is 0 Å². The number of pyridine rings is 1. The molecule has 2 aromatic heterocycles. The van der Waals surface area contributed by atoms with Crippen LogP contribution in [0.1, 0.15) is 21.7 Å². The second kappa shape index (κ2) is 6.76. The highest BCUT2D eigenvalue weighted by molar-refractivity contribution is 5.93. The van der Waals surface area contributed by atoms with Crippen LogP contribution in [-0.4, -0.2) is 16.0 Å². The molecule has 0 saturated carbocycles. The Hall–Kier alpha value is -3.16. The van der Waals surface area contributed by atoms with Crippen LogP contribution in [0.15, 0.2) is 59.4 Å². The summed E-state index contributed by atoms with van der Waals surface area (Å²) in [6.07, 6.45) is -1.37. The van der Waals surface area contributed by atoms with E-state index >= 15 is 0 Å². The van der Waals surface area contributed by atoms with Gasteiger partial charge in [0.15, 0.2) is 5.76 Å². The van der Waals surface area contributed by atoms with Crippen LogP contribution >= 0.6 is 0 Å². The molecule has 0 aliphatic heterocycles. The van der Waals surface area contributed by atoms with Gasteiger partial charge in [0, 0.05) is 29.6 Å². The number of hydrogen-bond acceptors (Lipinski definition) is 4. The smallest absolute Gasteiger partial charge is 0.359 e. The van der Waals surface area contributed by atoms with Crippen molar-refractivity contribution < 1.29 is 22.5 Å². The fourth-order valence-electron chi connectivity index (χ4n) is 2.14. The fraction of sp³-hybridized carbons (Fsp3) is 0.118. The molecular weight excluding hydrogens is 335 g/mol. The van der Waals surface area contributed by atoms with Gasteiger partial charge in [-0.3, -0.25) is 9.78 Å². The van der Waals surface area contributed by atoms with Crippen LogP contribution in [0.2, 0.25) is 0 Å². The maximum Gasteiger partial charge on any atom is 0.416 e. The summed E-state index contributed by atoms with van der Waals surface area (Å²) in [5.41, 5.74) is 0.604. The van der Waals surface area contributed by atoms with Crippen LogP contribution in [0.3, 0.4) is 0 Å². The first-order valence-electron chi connectivity index (χ1n) is 7.25. The average Bonchev–Trinajstić information content (AvgIpc) is 3.09. The molecule has 3 rings (SSSR count). The number of nitrogens with one attached hydrogen (secondary N) is 1. The van der Waals surface area contributed by atoms with Crippen molar-refractivity contribution >= 4 is 5.91 Å². The van der Waals surface area contributed by atoms with E-state index in [9.17, 15) is 18.0 Å². The predicted octanol–water partition coefficient (Wildman–Crippen LogP) is 3.69. The van der Waals surface area contributed by atoms with Gasteiger partial charge < -0.3 is 9.84 Å². The van der Waals surface area contributed by atoms with E-state index in [0.717, 1.165) is 12.1 Å². The quantitative estimate of drug-likeness (QED) is 0.782. The highest BCUT2D eigenvalue weighted by atomic mass is 19.4. The largest absolute Gasteiger partial charge is 0.416 e. The number of halogens is 3. The molecular formula is C17H12F3N3O2. The van der Waals surface area contributed by atoms with Crippen LogP contribution in [0.25, 0.3) is 11.3 Å². The van der Waals surface area contributed by atoms with Gasteiger partial charge in [-0.15, -0.1) is 0 Å². The first kappa shape index (κ1) is 16.7. The molecule has 0 unspecified atom stereocenters. The van der Waals surface area contributed by atoms with E-state index in [2.05, 4.69) is 15.5 Å². The number of hydrogen-bond donors (Lipinski definition) is 1. The number of amides is 1. The summed E-state index contributed by atoms with van der Waals surface area (Å²) in [7, 11) is 0. The molecule has 1 N–H and O–H groups in total. The Kier molecular flexibility index (Phi) is 4.51. The lowest BCUT2D eigenvalue weighted by Crippen LogP contribution is -2.22. The Labute approximate surface area is 140 Å². The summed E-state index contributed by atoms with van der Waals surface area (Å²) in [6.45, 7) is 0.106. The minimum Gasteiger partial charge on any atom is -0.359 e. The van der Waals surface area contributed by atoms with Gasteiger partial charge >= 0.3 is 6.18 Å². The van der Waals surface area contributed by atoms with Crippen LogP contribution in [0.5, 0.6) is 0 Å². The third kappa shape index (κ3) is 4.03. The zero-order chi connectivity index (χ0) is 17.9. The molecule has 0 atom stereocenters. The maximum absolute atomic E-state index is 12.6. The number of alkyl halides is 3. The molecule has 3 aromatic rings. The summed E-state index contributed by atoms with van der Waals surface area (Å²) in [5, 5.41) is 6.47. The first-order chi connectivity index (χ1) is 11.9. The minimum absolute atomic E-state index is 0.106. The fourth-order valence-corrected chi connectivity index (χ4v) is 2.14. The van der Waals surface area contributed by atoms with Gasteiger partial charge in [0.25, 0.3) is 5.91 Å². The van der Waals surface area contributed by atoms with Gasteiger partial charge in [0.2, 0.25) is 0 Å². The summed E-state index contributed by atoms with van der Waals surface area (Å²) in [6, 6.07) is 9.31. The molecule has 5 nitrogen and oxygen atoms in total. The lowest BCUT2D eigenvalue weighted by molar-refractivity contribution is -0.137. The van der Waals surface area contributed by atoms with Gasteiger partial charge in [0.05, 0.1) is 12.1 Å². The van der Waals surface area contributed by atoms with Crippen molar-refractivity contribution in [2.75, 3.05) is 0 Å². The number of rotatable bonds is 4. The molecule has 0 bridgehead atoms. The van der Waals surface area contributed by atoms with E-state index in [1.54, 1.807) is 18.2 Å². The molecule has 0 saturated heterocycles. The minimum atomic E-state index is -4.38. The lowest BCUT2D eigenvalue weighted by Gasteiger charge is -2.06. The Balaban J connectivity index is 1.65. The third-order valence-electron chi connectivity index (χ3n) is 3.43. The normalized spacial score (nSPS) is 11.3. The van der Waals surface area contributed by atoms with Crippen molar-refractivity contribution in [3.8, 4) is 11.3 Å². The molecule has 0 radical (unpaired) electrons. The molecule has 25 heavy (non-hydrogen) atoms. The summed E-state index contributed by atoms with van der Waals surface area (Å²) >= 11 is 0. The molecule has 1 aromatic carbocycles. The first-order valence-corrected chi connectivity index (χ1v) is 7.25. The molecule has 0 aliphatic rings. The summed E-state index contributed by atoms with van der Waals surface area (Å²) < 4.78 is 42.8. The van der Waals surface area contributed by atoms with Crippen molar-refractivity contribution in [2.45, 2.75) is 12.7 Å². The van der Waals surface area contributed by atoms with Crippen LogP contribution in [0.4, 0.5) is 13.2 Å². The topological polar surface area (TPSA) is 68.0 Å². The lowest BCUT2D eigenvalue weighted by atomic mass is 10.1. The number of carbonyl (C=O) groups is 1. The molecule has 0 aliphatic carbocycles. The van der Waals surface area contributed by atoms with Gasteiger partial charge in [-0.2, -0.15) is 13.2 Å². The average molecular weight is 347 g/mol. The SMILES string of the molecule is O=C(NCc1cc(-c2ccc(C(F)(F)F)cc2)no1)c1ccncc1. The van der Waals surface area contributed by atoms with Gasteiger partial charge in [-0.05, 0) is 24.3 Å². The monoisotopic (exact) mass is 347 g/mol. The molecule has 1 amide bonds. The molecule has 8 heteroatoms. The van der Waals surface area contributed by atoms with E-state index in [1.807, 2.05) is 0 Å². The second-order valence-electron chi connectivity index (χ2n) is 5.17. The van der Waals surface area contributed by atoms with Crippen molar-refractivity contribution in [3.05, 3.63) is 71.7 Å². The van der Waals surface area contributed by atoms with E-state index in [-0.39, 0.29) is 12.5 Å². The number of benzene rings is 1. The van der Waals surface area contributed by atoms with E-state index in [4.69, 9.17) is 4.52 Å². The predicted molar refractivity (Wildman–Crippen MR) is 82.3 cm³/mol. The maximum atomic E-state index is 12.6. The second-order valence-corrected chi connectivity index (χ2v) is 5.17. The van der Waals surface area contributed by atoms with E-state index in [0.29, 0.717) is 22.6 Å². The van der Waals surface area contributed by atoms with E-state index < -0.39 is 11.7 Å². The Bertz CT molecular complexity index is 859. The molecule has 0 fully saturated rings. The third-order valence-corrected chi connectivity index (χ3v) is 3.43. The van der Waals surface area contributed by atoms with Gasteiger partial charge in [-0.1, -0.05) is 17.3 Å².